The number of aromatic nitrogens is 3. The summed E-state index contributed by atoms with van der Waals surface area (Å²) < 4.78 is 15.8. The van der Waals surface area contributed by atoms with Crippen molar-refractivity contribution in [2.24, 2.45) is 0 Å². The van der Waals surface area contributed by atoms with Gasteiger partial charge in [0.1, 0.15) is 11.3 Å². The van der Waals surface area contributed by atoms with Gasteiger partial charge in [-0.15, -0.1) is 0 Å². The highest BCUT2D eigenvalue weighted by Gasteiger charge is 2.26. The van der Waals surface area contributed by atoms with Crippen molar-refractivity contribution in [1.82, 2.24) is 20.0 Å². The number of carbonyl (C=O) groups is 1. The standard InChI is InChI=1S/C25H25N5O5/c1-2-33-25(32)27-18-6-7-19-17(13-22(31)34-21(19)14-18)15-30-11-8-16(9-12-30)24-28-23(29-35-24)20-5-3-4-10-26-20/h3-7,10,13-14,16H,2,8-9,11-12,15H2,1H3,(H,27,32). The number of benzene rings is 1. The minimum absolute atomic E-state index is 0.185. The van der Waals surface area contributed by atoms with Crippen LogP contribution >= 0.6 is 0 Å². The summed E-state index contributed by atoms with van der Waals surface area (Å²) in [5.41, 5.74) is 2.07. The largest absolute Gasteiger partial charge is 0.450 e. The van der Waals surface area contributed by atoms with E-state index < -0.39 is 11.7 Å². The maximum atomic E-state index is 12.2. The third kappa shape index (κ3) is 5.22. The number of ether oxygens (including phenoxy) is 1. The number of pyridine rings is 1. The van der Waals surface area contributed by atoms with Crippen molar-refractivity contribution in [1.29, 1.82) is 0 Å². The second kappa shape index (κ2) is 10.1. The van der Waals surface area contributed by atoms with Crippen molar-refractivity contribution in [3.05, 3.63) is 70.5 Å². The number of hydrogen-bond acceptors (Lipinski definition) is 9. The van der Waals surface area contributed by atoms with Crippen LogP contribution in [-0.4, -0.2) is 45.8 Å². The number of likely N-dealkylation sites (tertiary alicyclic amines) is 1. The van der Waals surface area contributed by atoms with Crippen LogP contribution < -0.4 is 10.9 Å². The van der Waals surface area contributed by atoms with Crippen LogP contribution in [0.3, 0.4) is 0 Å². The summed E-state index contributed by atoms with van der Waals surface area (Å²) in [5.74, 6) is 1.32. The number of amides is 1. The first-order valence-corrected chi connectivity index (χ1v) is 11.6. The van der Waals surface area contributed by atoms with Crippen LogP contribution in [0.15, 0.2) is 62.4 Å². The highest BCUT2D eigenvalue weighted by molar-refractivity contribution is 5.89. The van der Waals surface area contributed by atoms with Crippen molar-refractivity contribution in [3.63, 3.8) is 0 Å². The van der Waals surface area contributed by atoms with Crippen molar-refractivity contribution in [3.8, 4) is 11.5 Å². The molecule has 4 aromatic rings. The number of piperidine rings is 1. The molecule has 3 aromatic heterocycles. The fraction of sp³-hybridized carbons (Fsp3) is 0.320. The lowest BCUT2D eigenvalue weighted by Crippen LogP contribution is -2.32. The fourth-order valence-electron chi connectivity index (χ4n) is 4.30. The summed E-state index contributed by atoms with van der Waals surface area (Å²) in [6.45, 7) is 4.28. The number of hydrogen-bond donors (Lipinski definition) is 1. The first-order chi connectivity index (χ1) is 17.1. The molecule has 1 saturated heterocycles. The summed E-state index contributed by atoms with van der Waals surface area (Å²) in [7, 11) is 0. The van der Waals surface area contributed by atoms with E-state index >= 15 is 0 Å². The zero-order chi connectivity index (χ0) is 24.2. The first-order valence-electron chi connectivity index (χ1n) is 11.6. The molecule has 180 valence electrons. The van der Waals surface area contributed by atoms with Gasteiger partial charge in [0.25, 0.3) is 0 Å². The van der Waals surface area contributed by atoms with Gasteiger partial charge in [-0.3, -0.25) is 15.2 Å². The smallest absolute Gasteiger partial charge is 0.411 e. The van der Waals surface area contributed by atoms with Gasteiger partial charge in [-0.25, -0.2) is 9.59 Å². The zero-order valence-electron chi connectivity index (χ0n) is 19.3. The molecule has 0 unspecified atom stereocenters. The predicted molar refractivity (Wildman–Crippen MR) is 128 cm³/mol. The van der Waals surface area contributed by atoms with E-state index in [4.69, 9.17) is 13.7 Å². The molecular formula is C25H25N5O5. The van der Waals surface area contributed by atoms with Gasteiger partial charge in [0.2, 0.25) is 11.7 Å². The molecule has 35 heavy (non-hydrogen) atoms. The van der Waals surface area contributed by atoms with E-state index in [0.717, 1.165) is 36.9 Å². The van der Waals surface area contributed by atoms with Gasteiger partial charge >= 0.3 is 11.7 Å². The molecule has 0 atom stereocenters. The Morgan fingerprint density at radius 3 is 2.83 bits per heavy atom. The Labute approximate surface area is 200 Å². The van der Waals surface area contributed by atoms with Crippen LogP contribution in [0.1, 0.15) is 37.1 Å². The zero-order valence-corrected chi connectivity index (χ0v) is 19.3. The molecule has 0 radical (unpaired) electrons. The lowest BCUT2D eigenvalue weighted by Gasteiger charge is -2.30. The van der Waals surface area contributed by atoms with E-state index in [0.29, 0.717) is 35.2 Å². The lowest BCUT2D eigenvalue weighted by molar-refractivity contribution is 0.168. The minimum atomic E-state index is -0.554. The van der Waals surface area contributed by atoms with Gasteiger partial charge in [0, 0.05) is 41.9 Å². The number of carbonyl (C=O) groups excluding carboxylic acids is 1. The van der Waals surface area contributed by atoms with Crippen molar-refractivity contribution < 1.29 is 18.5 Å². The molecule has 1 aliphatic rings. The number of nitrogens with zero attached hydrogens (tertiary/aromatic N) is 4. The Morgan fingerprint density at radius 2 is 2.06 bits per heavy atom. The highest BCUT2D eigenvalue weighted by Crippen LogP contribution is 2.30. The van der Waals surface area contributed by atoms with Crippen LogP contribution in [0, 0.1) is 0 Å². The molecule has 0 aliphatic carbocycles. The number of fused-ring (bicyclic) bond motifs is 1. The van der Waals surface area contributed by atoms with Crippen LogP contribution in [0.2, 0.25) is 0 Å². The quantitative estimate of drug-likeness (QED) is 0.409. The highest BCUT2D eigenvalue weighted by atomic mass is 16.5. The summed E-state index contributed by atoms with van der Waals surface area (Å²) in [4.78, 5) is 35.0. The van der Waals surface area contributed by atoms with Gasteiger partial charge in [0.05, 0.1) is 6.61 Å². The molecule has 10 heteroatoms. The average Bonchev–Trinajstić information content (AvgIpc) is 3.35. The molecule has 10 nitrogen and oxygen atoms in total. The summed E-state index contributed by atoms with van der Waals surface area (Å²) in [6, 6.07) is 12.4. The van der Waals surface area contributed by atoms with Gasteiger partial charge in [0.15, 0.2) is 0 Å². The fourth-order valence-corrected chi connectivity index (χ4v) is 4.30. The Morgan fingerprint density at radius 1 is 1.20 bits per heavy atom. The third-order valence-electron chi connectivity index (χ3n) is 6.02. The summed E-state index contributed by atoms with van der Waals surface area (Å²) >= 11 is 0. The summed E-state index contributed by atoms with van der Waals surface area (Å²) in [6.07, 6.45) is 2.89. The van der Waals surface area contributed by atoms with Crippen LogP contribution in [-0.2, 0) is 11.3 Å². The Balaban J connectivity index is 1.25. The Bertz CT molecular complexity index is 1380. The topological polar surface area (TPSA) is 124 Å². The van der Waals surface area contributed by atoms with E-state index in [9.17, 15) is 9.59 Å². The maximum Gasteiger partial charge on any atom is 0.411 e. The normalized spacial score (nSPS) is 14.8. The molecule has 1 aliphatic heterocycles. The molecule has 0 spiro atoms. The Hall–Kier alpha value is -4.05. The minimum Gasteiger partial charge on any atom is -0.450 e. The molecular weight excluding hydrogens is 450 g/mol. The molecule has 5 rings (SSSR count). The number of nitrogens with one attached hydrogen (secondary N) is 1. The lowest BCUT2D eigenvalue weighted by atomic mass is 9.96. The van der Waals surface area contributed by atoms with Crippen molar-refractivity contribution in [2.75, 3.05) is 25.0 Å². The van der Waals surface area contributed by atoms with Gasteiger partial charge in [-0.1, -0.05) is 11.2 Å². The first kappa shape index (κ1) is 22.7. The van der Waals surface area contributed by atoms with E-state index in [1.54, 1.807) is 25.3 Å². The number of anilines is 1. The van der Waals surface area contributed by atoms with Gasteiger partial charge in [-0.2, -0.15) is 4.98 Å². The Kier molecular flexibility index (Phi) is 6.53. The molecule has 4 heterocycles. The van der Waals surface area contributed by atoms with E-state index in [2.05, 4.69) is 25.3 Å². The number of rotatable bonds is 6. The van der Waals surface area contributed by atoms with Gasteiger partial charge in [-0.05, 0) is 62.7 Å². The monoisotopic (exact) mass is 475 g/mol. The molecule has 0 saturated carbocycles. The van der Waals surface area contributed by atoms with Crippen LogP contribution in [0.25, 0.3) is 22.5 Å². The molecule has 1 aromatic carbocycles. The van der Waals surface area contributed by atoms with E-state index in [-0.39, 0.29) is 12.5 Å². The molecule has 1 N–H and O–H groups in total. The molecule has 1 fully saturated rings. The van der Waals surface area contributed by atoms with E-state index in [1.807, 2.05) is 24.3 Å². The third-order valence-corrected chi connectivity index (χ3v) is 6.02. The summed E-state index contributed by atoms with van der Waals surface area (Å²) in [5, 5.41) is 7.55. The van der Waals surface area contributed by atoms with Gasteiger partial charge < -0.3 is 13.7 Å². The van der Waals surface area contributed by atoms with E-state index in [1.165, 1.54) is 6.07 Å². The average molecular weight is 476 g/mol. The van der Waals surface area contributed by atoms with Crippen LogP contribution in [0.5, 0.6) is 0 Å². The SMILES string of the molecule is CCOC(=O)Nc1ccc2c(CN3CCC(c4nc(-c5ccccn5)no4)CC3)cc(=O)oc2c1. The van der Waals surface area contributed by atoms with Crippen LogP contribution in [0.4, 0.5) is 10.5 Å². The maximum absolute atomic E-state index is 12.2. The second-order valence-corrected chi connectivity index (χ2v) is 8.37. The predicted octanol–water partition coefficient (Wildman–Crippen LogP) is 4.19. The van der Waals surface area contributed by atoms with Crippen molar-refractivity contribution >= 4 is 22.7 Å². The second-order valence-electron chi connectivity index (χ2n) is 8.37. The van der Waals surface area contributed by atoms with Crippen molar-refractivity contribution in [2.45, 2.75) is 32.2 Å². The molecule has 0 bridgehead atoms. The molecule has 1 amide bonds.